The van der Waals surface area contributed by atoms with Crippen LogP contribution in [0, 0.1) is 6.92 Å². The Morgan fingerprint density at radius 1 is 1.00 bits per heavy atom. The van der Waals surface area contributed by atoms with Crippen LogP contribution in [0.25, 0.3) is 0 Å². The first-order valence-electron chi connectivity index (χ1n) is 9.92. The van der Waals surface area contributed by atoms with Crippen molar-refractivity contribution in [1.82, 2.24) is 4.41 Å². The molecule has 0 saturated carbocycles. The molecule has 0 unspecified atom stereocenters. The minimum atomic E-state index is -3.54. The van der Waals surface area contributed by atoms with Gasteiger partial charge in [-0.25, -0.2) is 16.8 Å². The molecule has 0 aromatic heterocycles. The van der Waals surface area contributed by atoms with Gasteiger partial charge in [-0.2, -0.15) is 9.52 Å². The second-order valence-electron chi connectivity index (χ2n) is 7.35. The average Bonchev–Trinajstić information content (AvgIpc) is 3.15. The standard InChI is InChI=1S/C21H27N3O4S2/c1-4-14-30(27,28)24-21(18-8-6-16(3)7-9-18)15-20(22-24)17-10-12-19(13-11-17)23-29(25,26)5-2/h6-13,21,23H,4-5,14-15H2,1-3H3/t21-/m1/s1. The molecule has 0 amide bonds. The molecule has 3 rings (SSSR count). The van der Waals surface area contributed by atoms with Gasteiger partial charge in [0.25, 0.3) is 0 Å². The molecule has 1 aliphatic rings. The van der Waals surface area contributed by atoms with Gasteiger partial charge in [0.15, 0.2) is 0 Å². The number of benzene rings is 2. The lowest BCUT2D eigenvalue weighted by Gasteiger charge is -2.23. The molecule has 162 valence electrons. The van der Waals surface area contributed by atoms with Gasteiger partial charge in [-0.05, 0) is 43.5 Å². The summed E-state index contributed by atoms with van der Waals surface area (Å²) in [7, 11) is -6.89. The smallest absolute Gasteiger partial charge is 0.250 e. The van der Waals surface area contributed by atoms with E-state index in [9.17, 15) is 16.8 Å². The molecule has 1 aliphatic heterocycles. The zero-order valence-electron chi connectivity index (χ0n) is 17.4. The summed E-state index contributed by atoms with van der Waals surface area (Å²) in [5.41, 5.74) is 3.88. The first-order valence-corrected chi connectivity index (χ1v) is 13.2. The van der Waals surface area contributed by atoms with E-state index < -0.39 is 26.1 Å². The van der Waals surface area contributed by atoms with Gasteiger partial charge >= 0.3 is 0 Å². The monoisotopic (exact) mass is 449 g/mol. The molecule has 2 aromatic carbocycles. The molecular weight excluding hydrogens is 422 g/mol. The topological polar surface area (TPSA) is 95.9 Å². The molecule has 0 radical (unpaired) electrons. The highest BCUT2D eigenvalue weighted by atomic mass is 32.2. The number of nitrogens with zero attached hydrogens (tertiary/aromatic N) is 2. The largest absolute Gasteiger partial charge is 0.284 e. The van der Waals surface area contributed by atoms with E-state index >= 15 is 0 Å². The Bertz CT molecular complexity index is 1120. The predicted molar refractivity (Wildman–Crippen MR) is 121 cm³/mol. The highest BCUT2D eigenvalue weighted by molar-refractivity contribution is 7.92. The van der Waals surface area contributed by atoms with Crippen LogP contribution < -0.4 is 4.72 Å². The molecule has 2 aromatic rings. The van der Waals surface area contributed by atoms with Crippen LogP contribution in [0.3, 0.4) is 0 Å². The molecule has 0 fully saturated rings. The summed E-state index contributed by atoms with van der Waals surface area (Å²) in [5, 5.41) is 4.47. The number of anilines is 1. The highest BCUT2D eigenvalue weighted by Crippen LogP contribution is 2.35. The van der Waals surface area contributed by atoms with Gasteiger partial charge in [0.1, 0.15) is 0 Å². The summed E-state index contributed by atoms with van der Waals surface area (Å²) in [5.74, 6) is 0.0216. The molecule has 1 atom stereocenters. The van der Waals surface area contributed by atoms with Gasteiger partial charge < -0.3 is 0 Å². The fourth-order valence-corrected chi connectivity index (χ4v) is 5.44. The van der Waals surface area contributed by atoms with Crippen LogP contribution in [0.1, 0.15) is 49.4 Å². The van der Waals surface area contributed by atoms with E-state index in [1.54, 1.807) is 31.2 Å². The van der Waals surface area contributed by atoms with E-state index in [1.807, 2.05) is 38.1 Å². The van der Waals surface area contributed by atoms with E-state index in [2.05, 4.69) is 9.82 Å². The van der Waals surface area contributed by atoms with Gasteiger partial charge in [-0.3, -0.25) is 4.72 Å². The van der Waals surface area contributed by atoms with Crippen molar-refractivity contribution in [2.45, 2.75) is 39.7 Å². The maximum absolute atomic E-state index is 12.8. The summed E-state index contributed by atoms with van der Waals surface area (Å²) in [6.45, 7) is 5.38. The van der Waals surface area contributed by atoms with E-state index in [-0.39, 0.29) is 11.5 Å². The van der Waals surface area contributed by atoms with Gasteiger partial charge in [0.05, 0.1) is 23.3 Å². The highest BCUT2D eigenvalue weighted by Gasteiger charge is 2.36. The molecule has 0 aliphatic carbocycles. The van der Waals surface area contributed by atoms with Gasteiger partial charge in [-0.15, -0.1) is 0 Å². The predicted octanol–water partition coefficient (Wildman–Crippen LogP) is 3.65. The second-order valence-corrected chi connectivity index (χ2v) is 11.3. The number of rotatable bonds is 8. The Morgan fingerprint density at radius 3 is 2.20 bits per heavy atom. The summed E-state index contributed by atoms with van der Waals surface area (Å²) in [6.07, 6.45) is 0.961. The fourth-order valence-electron chi connectivity index (χ4n) is 3.29. The Hall–Kier alpha value is -2.39. The molecule has 0 bridgehead atoms. The fraction of sp³-hybridized carbons (Fsp3) is 0.381. The van der Waals surface area contributed by atoms with Crippen molar-refractivity contribution < 1.29 is 16.8 Å². The lowest BCUT2D eigenvalue weighted by atomic mass is 9.98. The van der Waals surface area contributed by atoms with Crippen LogP contribution in [-0.4, -0.2) is 38.5 Å². The van der Waals surface area contributed by atoms with Crippen molar-refractivity contribution in [3.05, 3.63) is 65.2 Å². The van der Waals surface area contributed by atoms with E-state index in [0.717, 1.165) is 16.7 Å². The van der Waals surface area contributed by atoms with Gasteiger partial charge in [0, 0.05) is 12.1 Å². The van der Waals surface area contributed by atoms with E-state index in [1.165, 1.54) is 4.41 Å². The normalized spacial score (nSPS) is 17.1. The third-order valence-electron chi connectivity index (χ3n) is 4.95. The Kier molecular flexibility index (Phi) is 6.52. The SMILES string of the molecule is CCCS(=O)(=O)N1N=C(c2ccc(NS(=O)(=O)CC)cc2)C[C@@H]1c1ccc(C)cc1. The average molecular weight is 450 g/mol. The van der Waals surface area contributed by atoms with Crippen LogP contribution in [0.2, 0.25) is 0 Å². The Labute approximate surface area is 178 Å². The molecule has 7 nitrogen and oxygen atoms in total. The number of hydrogen-bond donors (Lipinski definition) is 1. The Morgan fingerprint density at radius 2 is 1.63 bits per heavy atom. The summed E-state index contributed by atoms with van der Waals surface area (Å²) in [6, 6.07) is 14.3. The van der Waals surface area contributed by atoms with Crippen molar-refractivity contribution in [3.63, 3.8) is 0 Å². The summed E-state index contributed by atoms with van der Waals surface area (Å²) < 4.78 is 52.9. The molecule has 9 heteroatoms. The number of nitrogens with one attached hydrogen (secondary N) is 1. The summed E-state index contributed by atoms with van der Waals surface area (Å²) >= 11 is 0. The number of sulfonamides is 2. The van der Waals surface area contributed by atoms with E-state index in [4.69, 9.17) is 0 Å². The third kappa shape index (κ3) is 5.02. The minimum Gasteiger partial charge on any atom is -0.284 e. The summed E-state index contributed by atoms with van der Waals surface area (Å²) in [4.78, 5) is 0. The van der Waals surface area contributed by atoms with Crippen molar-refractivity contribution in [1.29, 1.82) is 0 Å². The zero-order valence-corrected chi connectivity index (χ0v) is 19.0. The van der Waals surface area contributed by atoms with Crippen molar-refractivity contribution in [2.24, 2.45) is 5.10 Å². The lowest BCUT2D eigenvalue weighted by molar-refractivity contribution is 0.371. The Balaban J connectivity index is 1.92. The quantitative estimate of drug-likeness (QED) is 0.665. The first-order chi connectivity index (χ1) is 14.1. The second kappa shape index (κ2) is 8.77. The van der Waals surface area contributed by atoms with E-state index in [0.29, 0.717) is 24.2 Å². The van der Waals surface area contributed by atoms with Crippen LogP contribution in [0.5, 0.6) is 0 Å². The number of aryl methyl sites for hydroxylation is 1. The van der Waals surface area contributed by atoms with Crippen LogP contribution in [0.4, 0.5) is 5.69 Å². The number of hydrazone groups is 1. The molecule has 1 N–H and O–H groups in total. The molecule has 0 spiro atoms. The molecule has 1 heterocycles. The van der Waals surface area contributed by atoms with Gasteiger partial charge in [0.2, 0.25) is 20.0 Å². The lowest BCUT2D eigenvalue weighted by Crippen LogP contribution is -2.29. The minimum absolute atomic E-state index is 0.00998. The molecular formula is C21H27N3O4S2. The van der Waals surface area contributed by atoms with Crippen LogP contribution >= 0.6 is 0 Å². The van der Waals surface area contributed by atoms with Crippen molar-refractivity contribution in [3.8, 4) is 0 Å². The first kappa shape index (κ1) is 22.3. The maximum Gasteiger partial charge on any atom is 0.250 e. The van der Waals surface area contributed by atoms with Crippen LogP contribution in [0.15, 0.2) is 53.6 Å². The molecule has 30 heavy (non-hydrogen) atoms. The van der Waals surface area contributed by atoms with Crippen LogP contribution in [-0.2, 0) is 20.0 Å². The van der Waals surface area contributed by atoms with Crippen molar-refractivity contribution in [2.75, 3.05) is 16.2 Å². The maximum atomic E-state index is 12.8. The van der Waals surface area contributed by atoms with Gasteiger partial charge in [-0.1, -0.05) is 48.9 Å². The number of hydrogen-bond acceptors (Lipinski definition) is 5. The zero-order chi connectivity index (χ0) is 21.9. The van der Waals surface area contributed by atoms with Crippen molar-refractivity contribution >= 4 is 31.4 Å². The third-order valence-corrected chi connectivity index (χ3v) is 8.09. The molecule has 0 saturated heterocycles.